The molecule has 0 radical (unpaired) electrons. The predicted molar refractivity (Wildman–Crippen MR) is 142 cm³/mol. The van der Waals surface area contributed by atoms with E-state index in [2.05, 4.69) is 42.9 Å². The van der Waals surface area contributed by atoms with E-state index in [1.165, 1.54) is 0 Å². The van der Waals surface area contributed by atoms with Crippen molar-refractivity contribution in [2.45, 2.75) is 20.4 Å². The number of rotatable bonds is 6. The van der Waals surface area contributed by atoms with Crippen LogP contribution in [0.25, 0.3) is 28.0 Å². The molecule has 0 saturated heterocycles. The molecule has 0 aliphatic rings. The molecule has 2 heterocycles. The second-order valence-corrected chi connectivity index (χ2v) is 8.94. The molecule has 3 aromatic carbocycles. The average Bonchev–Trinajstić information content (AvgIpc) is 3.44. The molecule has 0 saturated carbocycles. The van der Waals surface area contributed by atoms with E-state index in [-0.39, 0.29) is 5.91 Å². The summed E-state index contributed by atoms with van der Waals surface area (Å²) in [4.78, 5) is 17.3. The molecule has 0 spiro atoms. The number of aromatic nitrogens is 4. The number of fused-ring (bicyclic) bond motifs is 1. The van der Waals surface area contributed by atoms with Crippen LogP contribution in [0.1, 0.15) is 28.7 Å². The lowest BCUT2D eigenvalue weighted by molar-refractivity contribution is 0.0955. The molecule has 1 amide bonds. The van der Waals surface area contributed by atoms with Crippen LogP contribution in [0.5, 0.6) is 0 Å². The van der Waals surface area contributed by atoms with Gasteiger partial charge >= 0.3 is 0 Å². The molecule has 5 rings (SSSR count). The number of carbonyl (C=O) groups excluding carboxylic acids is 1. The third kappa shape index (κ3) is 4.65. The van der Waals surface area contributed by atoms with Crippen LogP contribution in [-0.2, 0) is 6.54 Å². The molecule has 0 unspecified atom stereocenters. The van der Waals surface area contributed by atoms with Gasteiger partial charge in [-0.15, -0.1) is 0 Å². The van der Waals surface area contributed by atoms with Crippen LogP contribution in [-0.4, -0.2) is 31.5 Å². The van der Waals surface area contributed by atoms with E-state index in [0.29, 0.717) is 5.56 Å². The number of para-hydroxylation sites is 1. The number of aryl methyl sites for hydroxylation is 2. The van der Waals surface area contributed by atoms with Crippen molar-refractivity contribution >= 4 is 39.1 Å². The first kappa shape index (κ1) is 22.7. The zero-order chi connectivity index (χ0) is 24.4. The summed E-state index contributed by atoms with van der Waals surface area (Å²) in [6.07, 6.45) is 3.52. The number of halogens is 1. The highest BCUT2D eigenvalue weighted by Crippen LogP contribution is 2.24. The van der Waals surface area contributed by atoms with Gasteiger partial charge in [-0.05, 0) is 56.3 Å². The maximum absolute atomic E-state index is 12.8. The molecule has 2 aromatic heterocycles. The Morgan fingerprint density at radius 3 is 2.60 bits per heavy atom. The molecule has 1 N–H and O–H groups in total. The van der Waals surface area contributed by atoms with Gasteiger partial charge < -0.3 is 4.57 Å². The average molecular weight is 527 g/mol. The smallest absolute Gasteiger partial charge is 0.271 e. The van der Waals surface area contributed by atoms with Gasteiger partial charge in [-0.25, -0.2) is 15.1 Å². The topological polar surface area (TPSA) is 77.1 Å². The lowest BCUT2D eigenvalue weighted by Crippen LogP contribution is -2.17. The molecule has 7 nitrogen and oxygen atoms in total. The molecule has 0 aliphatic heterocycles. The van der Waals surface area contributed by atoms with Crippen molar-refractivity contribution in [1.82, 2.24) is 24.8 Å². The van der Waals surface area contributed by atoms with Gasteiger partial charge in [0.15, 0.2) is 0 Å². The van der Waals surface area contributed by atoms with E-state index in [9.17, 15) is 4.79 Å². The third-order valence-electron chi connectivity index (χ3n) is 5.77. The van der Waals surface area contributed by atoms with Crippen LogP contribution in [0.4, 0.5) is 0 Å². The standard InChI is InChI=1S/C27H23BrN6O/c1-3-33-18(2)30-24-15-20(11-14-25(24)33)27(35)31-29-16-21-17-34(23-7-5-4-6-8-23)32-26(21)19-9-12-22(28)13-10-19/h4-17H,3H2,1-2H3,(H,31,35)/b29-16-. The van der Waals surface area contributed by atoms with Gasteiger partial charge in [0.1, 0.15) is 11.5 Å². The lowest BCUT2D eigenvalue weighted by atomic mass is 10.1. The van der Waals surface area contributed by atoms with Crippen molar-refractivity contribution in [3.05, 3.63) is 100 Å². The Balaban J connectivity index is 1.42. The summed E-state index contributed by atoms with van der Waals surface area (Å²) < 4.78 is 4.91. The van der Waals surface area contributed by atoms with Crippen molar-refractivity contribution in [1.29, 1.82) is 0 Å². The van der Waals surface area contributed by atoms with E-state index in [4.69, 9.17) is 5.10 Å². The van der Waals surface area contributed by atoms with Crippen LogP contribution in [0, 0.1) is 6.92 Å². The number of imidazole rings is 1. The monoisotopic (exact) mass is 526 g/mol. The van der Waals surface area contributed by atoms with Gasteiger partial charge in [0.25, 0.3) is 5.91 Å². The zero-order valence-electron chi connectivity index (χ0n) is 19.3. The van der Waals surface area contributed by atoms with Crippen LogP contribution < -0.4 is 5.43 Å². The molecule has 0 fully saturated rings. The fourth-order valence-corrected chi connectivity index (χ4v) is 4.31. The van der Waals surface area contributed by atoms with Crippen LogP contribution in [0.2, 0.25) is 0 Å². The molecule has 8 heteroatoms. The van der Waals surface area contributed by atoms with Gasteiger partial charge in [0.2, 0.25) is 0 Å². The number of hydrogen-bond acceptors (Lipinski definition) is 4. The first-order chi connectivity index (χ1) is 17.0. The molecule has 174 valence electrons. The van der Waals surface area contributed by atoms with Gasteiger partial charge in [-0.3, -0.25) is 4.79 Å². The maximum Gasteiger partial charge on any atom is 0.271 e. The highest BCUT2D eigenvalue weighted by Gasteiger charge is 2.13. The summed E-state index contributed by atoms with van der Waals surface area (Å²) in [6.45, 7) is 4.87. The lowest BCUT2D eigenvalue weighted by Gasteiger charge is -2.03. The van der Waals surface area contributed by atoms with Crippen molar-refractivity contribution in [3.63, 3.8) is 0 Å². The van der Waals surface area contributed by atoms with Gasteiger partial charge in [-0.1, -0.05) is 46.3 Å². The fraction of sp³-hybridized carbons (Fsp3) is 0.111. The largest absolute Gasteiger partial charge is 0.329 e. The minimum Gasteiger partial charge on any atom is -0.329 e. The summed E-state index contributed by atoms with van der Waals surface area (Å²) in [5.74, 6) is 0.626. The predicted octanol–water partition coefficient (Wildman–Crippen LogP) is 5.74. The minimum atomic E-state index is -0.299. The molecule has 0 bridgehead atoms. The van der Waals surface area contributed by atoms with Gasteiger partial charge in [-0.2, -0.15) is 10.2 Å². The molecule has 0 atom stereocenters. The second kappa shape index (κ2) is 9.68. The summed E-state index contributed by atoms with van der Waals surface area (Å²) >= 11 is 3.48. The first-order valence-electron chi connectivity index (χ1n) is 11.2. The molecule has 0 aliphatic carbocycles. The Hall–Kier alpha value is -4.04. The molecular weight excluding hydrogens is 504 g/mol. The van der Waals surface area contributed by atoms with Crippen LogP contribution in [0.15, 0.2) is 88.6 Å². The number of hydrazone groups is 1. The van der Waals surface area contributed by atoms with Crippen LogP contribution >= 0.6 is 15.9 Å². The highest BCUT2D eigenvalue weighted by atomic mass is 79.9. The summed E-state index contributed by atoms with van der Waals surface area (Å²) in [5.41, 5.74) is 8.37. The summed E-state index contributed by atoms with van der Waals surface area (Å²) in [6, 6.07) is 23.3. The normalized spacial score (nSPS) is 11.4. The fourth-order valence-electron chi connectivity index (χ4n) is 4.04. The van der Waals surface area contributed by atoms with Crippen molar-refractivity contribution in [2.75, 3.05) is 0 Å². The van der Waals surface area contributed by atoms with E-state index in [1.54, 1.807) is 23.0 Å². The van der Waals surface area contributed by atoms with Gasteiger partial charge in [0, 0.05) is 33.9 Å². The number of carbonyl (C=O) groups is 1. The number of amides is 1. The molecular formula is C27H23BrN6O. The van der Waals surface area contributed by atoms with E-state index in [0.717, 1.165) is 50.4 Å². The highest BCUT2D eigenvalue weighted by molar-refractivity contribution is 9.10. The number of nitrogens with one attached hydrogen (secondary N) is 1. The van der Waals surface area contributed by atoms with Crippen LogP contribution in [0.3, 0.4) is 0 Å². The van der Waals surface area contributed by atoms with Crippen molar-refractivity contribution in [3.8, 4) is 16.9 Å². The SMILES string of the molecule is CCn1c(C)nc2cc(C(=O)N/N=C\c3cn(-c4ccccc4)nc3-c3ccc(Br)cc3)ccc21. The zero-order valence-corrected chi connectivity index (χ0v) is 20.9. The third-order valence-corrected chi connectivity index (χ3v) is 6.30. The van der Waals surface area contributed by atoms with E-state index >= 15 is 0 Å². The Morgan fingerprint density at radius 2 is 1.86 bits per heavy atom. The Bertz CT molecular complexity index is 1530. The minimum absolute atomic E-state index is 0.299. The van der Waals surface area contributed by atoms with E-state index in [1.807, 2.05) is 73.8 Å². The number of nitrogens with zero attached hydrogens (tertiary/aromatic N) is 5. The summed E-state index contributed by atoms with van der Waals surface area (Å²) in [7, 11) is 0. The van der Waals surface area contributed by atoms with Crippen molar-refractivity contribution in [2.24, 2.45) is 5.10 Å². The quantitative estimate of drug-likeness (QED) is 0.226. The molecule has 35 heavy (non-hydrogen) atoms. The first-order valence-corrected chi connectivity index (χ1v) is 12.0. The Morgan fingerprint density at radius 1 is 1.09 bits per heavy atom. The molecule has 5 aromatic rings. The number of hydrogen-bond donors (Lipinski definition) is 1. The summed E-state index contributed by atoms with van der Waals surface area (Å²) in [5, 5.41) is 9.01. The Labute approximate surface area is 211 Å². The Kier molecular flexibility index (Phi) is 6.29. The number of benzene rings is 3. The van der Waals surface area contributed by atoms with E-state index < -0.39 is 0 Å². The van der Waals surface area contributed by atoms with Crippen molar-refractivity contribution < 1.29 is 4.79 Å². The van der Waals surface area contributed by atoms with Gasteiger partial charge in [0.05, 0.1) is 22.9 Å². The second-order valence-electron chi connectivity index (χ2n) is 8.03. The maximum atomic E-state index is 12.8.